The average molecular weight is 247 g/mol. The van der Waals surface area contributed by atoms with Gasteiger partial charge in [0.25, 0.3) is 0 Å². The minimum atomic E-state index is 0.838. The van der Waals surface area contributed by atoms with Crippen molar-refractivity contribution < 1.29 is 0 Å². The number of nitrogens with zero attached hydrogens (tertiary/aromatic N) is 4. The second kappa shape index (κ2) is 4.77. The fourth-order valence-corrected chi connectivity index (χ4v) is 2.69. The van der Waals surface area contributed by atoms with Crippen molar-refractivity contribution in [3.63, 3.8) is 0 Å². The predicted octanol–water partition coefficient (Wildman–Crippen LogP) is 1.01. The third kappa shape index (κ3) is 2.27. The standard InChI is InChI=1S/C11H13N5S/c1-2-14-9(7-13-1)10-8-17-11(15-10)16-5-3-12-4-6-16/h1-2,7-8,12H,3-6H2. The van der Waals surface area contributed by atoms with E-state index in [1.54, 1.807) is 29.9 Å². The third-order valence-electron chi connectivity index (χ3n) is 2.71. The van der Waals surface area contributed by atoms with Crippen molar-refractivity contribution in [2.24, 2.45) is 0 Å². The van der Waals surface area contributed by atoms with Gasteiger partial charge in [-0.2, -0.15) is 0 Å². The van der Waals surface area contributed by atoms with Crippen LogP contribution < -0.4 is 10.2 Å². The highest BCUT2D eigenvalue weighted by Crippen LogP contribution is 2.25. The lowest BCUT2D eigenvalue weighted by Gasteiger charge is -2.26. The Bertz CT molecular complexity index is 478. The van der Waals surface area contributed by atoms with Crippen molar-refractivity contribution in [2.45, 2.75) is 0 Å². The van der Waals surface area contributed by atoms with Crippen LogP contribution in [-0.4, -0.2) is 41.1 Å². The fourth-order valence-electron chi connectivity index (χ4n) is 1.81. The summed E-state index contributed by atoms with van der Waals surface area (Å²) in [6.07, 6.45) is 5.11. The molecule has 6 heteroatoms. The van der Waals surface area contributed by atoms with Gasteiger partial charge in [-0.1, -0.05) is 0 Å². The van der Waals surface area contributed by atoms with Crippen molar-refractivity contribution >= 4 is 16.5 Å². The minimum Gasteiger partial charge on any atom is -0.346 e. The number of piperazine rings is 1. The molecule has 1 aliphatic heterocycles. The number of nitrogens with one attached hydrogen (secondary N) is 1. The number of thiazole rings is 1. The highest BCUT2D eigenvalue weighted by Gasteiger charge is 2.14. The number of rotatable bonds is 2. The van der Waals surface area contributed by atoms with Gasteiger partial charge in [-0.3, -0.25) is 9.97 Å². The van der Waals surface area contributed by atoms with E-state index < -0.39 is 0 Å². The maximum Gasteiger partial charge on any atom is 0.186 e. The van der Waals surface area contributed by atoms with Crippen LogP contribution in [0.15, 0.2) is 24.0 Å². The molecule has 3 heterocycles. The van der Waals surface area contributed by atoms with Crippen LogP contribution in [0.1, 0.15) is 0 Å². The second-order valence-corrected chi connectivity index (χ2v) is 4.68. The highest BCUT2D eigenvalue weighted by atomic mass is 32.1. The van der Waals surface area contributed by atoms with E-state index in [0.717, 1.165) is 42.7 Å². The van der Waals surface area contributed by atoms with Gasteiger partial charge >= 0.3 is 0 Å². The van der Waals surface area contributed by atoms with Gasteiger partial charge in [0.1, 0.15) is 11.4 Å². The van der Waals surface area contributed by atoms with Gasteiger partial charge in [0.2, 0.25) is 0 Å². The van der Waals surface area contributed by atoms with Gasteiger partial charge in [-0.15, -0.1) is 11.3 Å². The molecule has 0 saturated carbocycles. The second-order valence-electron chi connectivity index (χ2n) is 3.84. The summed E-state index contributed by atoms with van der Waals surface area (Å²) in [5, 5.41) is 6.45. The molecule has 1 fully saturated rings. The van der Waals surface area contributed by atoms with E-state index in [2.05, 4.69) is 25.2 Å². The summed E-state index contributed by atoms with van der Waals surface area (Å²) in [5.74, 6) is 0. The molecule has 0 bridgehead atoms. The molecule has 88 valence electrons. The molecular weight excluding hydrogens is 234 g/mol. The lowest BCUT2D eigenvalue weighted by atomic mass is 10.3. The molecule has 5 nitrogen and oxygen atoms in total. The number of hydrogen-bond acceptors (Lipinski definition) is 6. The maximum absolute atomic E-state index is 4.62. The van der Waals surface area contributed by atoms with Crippen LogP contribution in [0.5, 0.6) is 0 Å². The summed E-state index contributed by atoms with van der Waals surface area (Å²) < 4.78 is 0. The van der Waals surface area contributed by atoms with E-state index >= 15 is 0 Å². The predicted molar refractivity (Wildman–Crippen MR) is 68.2 cm³/mol. The van der Waals surface area contributed by atoms with Crippen LogP contribution in [0.25, 0.3) is 11.4 Å². The Morgan fingerprint density at radius 3 is 2.82 bits per heavy atom. The van der Waals surface area contributed by atoms with Crippen LogP contribution in [-0.2, 0) is 0 Å². The molecule has 0 radical (unpaired) electrons. The molecule has 0 spiro atoms. The topological polar surface area (TPSA) is 53.9 Å². The minimum absolute atomic E-state index is 0.838. The molecular formula is C11H13N5S. The Labute approximate surface area is 104 Å². The van der Waals surface area contributed by atoms with E-state index in [1.165, 1.54) is 0 Å². The van der Waals surface area contributed by atoms with Crippen molar-refractivity contribution in [3.05, 3.63) is 24.0 Å². The Hall–Kier alpha value is -1.53. The lowest BCUT2D eigenvalue weighted by molar-refractivity contribution is 0.588. The molecule has 0 aliphatic carbocycles. The maximum atomic E-state index is 4.62. The normalized spacial score (nSPS) is 16.1. The molecule has 2 aromatic rings. The van der Waals surface area contributed by atoms with Gasteiger partial charge in [-0.05, 0) is 0 Å². The summed E-state index contributed by atoms with van der Waals surface area (Å²) >= 11 is 1.67. The SMILES string of the molecule is c1cnc(-c2csc(N3CCNCC3)n2)cn1. The highest BCUT2D eigenvalue weighted by molar-refractivity contribution is 7.14. The molecule has 17 heavy (non-hydrogen) atoms. The number of anilines is 1. The van der Waals surface area contributed by atoms with E-state index in [4.69, 9.17) is 0 Å². The van der Waals surface area contributed by atoms with Gasteiger partial charge in [0.05, 0.1) is 6.20 Å². The lowest BCUT2D eigenvalue weighted by Crippen LogP contribution is -2.43. The van der Waals surface area contributed by atoms with E-state index in [0.29, 0.717) is 0 Å². The zero-order valence-electron chi connectivity index (χ0n) is 9.33. The van der Waals surface area contributed by atoms with Gasteiger partial charge in [0.15, 0.2) is 5.13 Å². The van der Waals surface area contributed by atoms with Gasteiger partial charge in [-0.25, -0.2) is 4.98 Å². The molecule has 0 amide bonds. The monoisotopic (exact) mass is 247 g/mol. The first-order valence-corrected chi connectivity index (χ1v) is 6.49. The Kier molecular flexibility index (Phi) is 2.98. The first-order valence-electron chi connectivity index (χ1n) is 5.61. The summed E-state index contributed by atoms with van der Waals surface area (Å²) in [6, 6.07) is 0. The summed E-state index contributed by atoms with van der Waals surface area (Å²) in [7, 11) is 0. The van der Waals surface area contributed by atoms with E-state index in [9.17, 15) is 0 Å². The first kappa shape index (κ1) is 10.6. The molecule has 0 unspecified atom stereocenters. The summed E-state index contributed by atoms with van der Waals surface area (Å²) in [6.45, 7) is 4.10. The van der Waals surface area contributed by atoms with Gasteiger partial charge < -0.3 is 10.2 Å². The number of aromatic nitrogens is 3. The largest absolute Gasteiger partial charge is 0.346 e. The van der Waals surface area contributed by atoms with Crippen LogP contribution in [0.3, 0.4) is 0 Å². The molecule has 3 rings (SSSR count). The molecule has 0 aromatic carbocycles. The summed E-state index contributed by atoms with van der Waals surface area (Å²) in [4.78, 5) is 15.2. The van der Waals surface area contributed by atoms with E-state index in [-0.39, 0.29) is 0 Å². The average Bonchev–Trinajstić information content (AvgIpc) is 2.90. The smallest absolute Gasteiger partial charge is 0.186 e. The van der Waals surface area contributed by atoms with Crippen LogP contribution in [0.4, 0.5) is 5.13 Å². The third-order valence-corrected chi connectivity index (χ3v) is 3.61. The van der Waals surface area contributed by atoms with E-state index in [1.807, 2.05) is 5.38 Å². The quantitative estimate of drug-likeness (QED) is 0.858. The first-order chi connectivity index (χ1) is 8.43. The Morgan fingerprint density at radius 1 is 1.18 bits per heavy atom. The van der Waals surface area contributed by atoms with Crippen molar-refractivity contribution in [1.82, 2.24) is 20.3 Å². The Morgan fingerprint density at radius 2 is 2.06 bits per heavy atom. The fraction of sp³-hybridized carbons (Fsp3) is 0.364. The molecule has 1 aliphatic rings. The molecule has 0 atom stereocenters. The van der Waals surface area contributed by atoms with Crippen molar-refractivity contribution in [2.75, 3.05) is 31.1 Å². The zero-order chi connectivity index (χ0) is 11.5. The van der Waals surface area contributed by atoms with Crippen LogP contribution in [0, 0.1) is 0 Å². The molecule has 1 N–H and O–H groups in total. The van der Waals surface area contributed by atoms with Crippen LogP contribution in [0.2, 0.25) is 0 Å². The molecule has 2 aromatic heterocycles. The number of hydrogen-bond donors (Lipinski definition) is 1. The summed E-state index contributed by atoms with van der Waals surface area (Å²) in [5.41, 5.74) is 1.75. The van der Waals surface area contributed by atoms with Crippen molar-refractivity contribution in [3.8, 4) is 11.4 Å². The van der Waals surface area contributed by atoms with Gasteiger partial charge in [0, 0.05) is 44.0 Å². The zero-order valence-corrected chi connectivity index (χ0v) is 10.2. The Balaban J connectivity index is 1.83. The molecule has 1 saturated heterocycles. The van der Waals surface area contributed by atoms with Crippen molar-refractivity contribution in [1.29, 1.82) is 0 Å². The van der Waals surface area contributed by atoms with Crippen LogP contribution >= 0.6 is 11.3 Å².